The van der Waals surface area contributed by atoms with Crippen molar-refractivity contribution in [3.05, 3.63) is 41.7 Å². The number of pyridine rings is 1. The Bertz CT molecular complexity index is 503. The highest BCUT2D eigenvalue weighted by atomic mass is 14.6. The molecule has 1 heterocycles. The molecule has 0 spiro atoms. The molecule has 0 unspecified atom stereocenters. The standard InChI is InChI=1S/C15H20N2/c1-11(2)15-10-17-9-13-8-12(4-3-7-16)5-6-14(13)15/h5-6,8-11H,3-4,7,16H2,1-2H3. The van der Waals surface area contributed by atoms with Gasteiger partial charge in [-0.25, -0.2) is 0 Å². The zero-order valence-corrected chi connectivity index (χ0v) is 10.6. The van der Waals surface area contributed by atoms with E-state index in [2.05, 4.69) is 37.0 Å². The largest absolute Gasteiger partial charge is 0.330 e. The van der Waals surface area contributed by atoms with Crippen LogP contribution in [0.4, 0.5) is 0 Å². The molecule has 0 aliphatic heterocycles. The number of hydrogen-bond donors (Lipinski definition) is 1. The lowest BCUT2D eigenvalue weighted by molar-refractivity contribution is 0.833. The number of fused-ring (bicyclic) bond motifs is 1. The minimum atomic E-state index is 0.515. The highest BCUT2D eigenvalue weighted by molar-refractivity contribution is 5.85. The summed E-state index contributed by atoms with van der Waals surface area (Å²) in [6.45, 7) is 5.17. The molecular formula is C15H20N2. The lowest BCUT2D eigenvalue weighted by Gasteiger charge is -2.10. The molecular weight excluding hydrogens is 208 g/mol. The fourth-order valence-corrected chi connectivity index (χ4v) is 2.17. The molecule has 2 heteroatoms. The third-order valence-electron chi connectivity index (χ3n) is 3.15. The second-order valence-corrected chi connectivity index (χ2v) is 4.83. The van der Waals surface area contributed by atoms with E-state index in [-0.39, 0.29) is 0 Å². The van der Waals surface area contributed by atoms with Gasteiger partial charge in [0.05, 0.1) is 0 Å². The van der Waals surface area contributed by atoms with Gasteiger partial charge in [0.15, 0.2) is 0 Å². The van der Waals surface area contributed by atoms with E-state index in [1.807, 2.05) is 12.4 Å². The zero-order valence-electron chi connectivity index (χ0n) is 10.6. The normalized spacial score (nSPS) is 11.3. The Morgan fingerprint density at radius 1 is 1.24 bits per heavy atom. The molecule has 17 heavy (non-hydrogen) atoms. The Labute approximate surface area is 103 Å². The van der Waals surface area contributed by atoms with E-state index in [9.17, 15) is 0 Å². The second-order valence-electron chi connectivity index (χ2n) is 4.83. The predicted molar refractivity (Wildman–Crippen MR) is 73.2 cm³/mol. The van der Waals surface area contributed by atoms with Crippen molar-refractivity contribution in [3.8, 4) is 0 Å². The number of aryl methyl sites for hydroxylation is 1. The molecule has 2 aromatic rings. The van der Waals surface area contributed by atoms with Crippen LogP contribution in [0.3, 0.4) is 0 Å². The summed E-state index contributed by atoms with van der Waals surface area (Å²) in [7, 11) is 0. The number of nitrogens with zero attached hydrogens (tertiary/aromatic N) is 1. The number of aromatic nitrogens is 1. The van der Waals surface area contributed by atoms with Crippen LogP contribution >= 0.6 is 0 Å². The molecule has 0 bridgehead atoms. The molecule has 0 aliphatic carbocycles. The second kappa shape index (κ2) is 5.28. The molecule has 0 aliphatic rings. The third kappa shape index (κ3) is 2.64. The van der Waals surface area contributed by atoms with Gasteiger partial charge in [-0.05, 0) is 47.9 Å². The van der Waals surface area contributed by atoms with Gasteiger partial charge in [-0.2, -0.15) is 0 Å². The van der Waals surface area contributed by atoms with Gasteiger partial charge in [-0.1, -0.05) is 26.0 Å². The molecule has 0 fully saturated rings. The third-order valence-corrected chi connectivity index (χ3v) is 3.15. The fraction of sp³-hybridized carbons (Fsp3) is 0.400. The van der Waals surface area contributed by atoms with Crippen molar-refractivity contribution < 1.29 is 0 Å². The van der Waals surface area contributed by atoms with Crippen LogP contribution in [0.2, 0.25) is 0 Å². The van der Waals surface area contributed by atoms with E-state index in [1.165, 1.54) is 21.9 Å². The first-order valence-electron chi connectivity index (χ1n) is 6.29. The molecule has 90 valence electrons. The number of hydrogen-bond acceptors (Lipinski definition) is 2. The highest BCUT2D eigenvalue weighted by Crippen LogP contribution is 2.25. The van der Waals surface area contributed by atoms with Crippen molar-refractivity contribution in [3.63, 3.8) is 0 Å². The first-order chi connectivity index (χ1) is 8.22. The first-order valence-corrected chi connectivity index (χ1v) is 6.29. The van der Waals surface area contributed by atoms with Crippen LogP contribution in [0.1, 0.15) is 37.3 Å². The van der Waals surface area contributed by atoms with Gasteiger partial charge in [0, 0.05) is 17.8 Å². The van der Waals surface area contributed by atoms with Gasteiger partial charge < -0.3 is 5.73 Å². The van der Waals surface area contributed by atoms with E-state index in [0.29, 0.717) is 5.92 Å². The molecule has 0 atom stereocenters. The SMILES string of the molecule is CC(C)c1cncc2cc(CCCN)ccc12. The smallest absolute Gasteiger partial charge is 0.0346 e. The summed E-state index contributed by atoms with van der Waals surface area (Å²) in [5.41, 5.74) is 8.22. The topological polar surface area (TPSA) is 38.9 Å². The van der Waals surface area contributed by atoms with Gasteiger partial charge in [-0.15, -0.1) is 0 Å². The Hall–Kier alpha value is -1.41. The van der Waals surface area contributed by atoms with Crippen molar-refractivity contribution in [2.45, 2.75) is 32.6 Å². The summed E-state index contributed by atoms with van der Waals surface area (Å²) in [5, 5.41) is 2.57. The molecule has 0 radical (unpaired) electrons. The summed E-state index contributed by atoms with van der Waals surface area (Å²) in [6.07, 6.45) is 6.03. The van der Waals surface area contributed by atoms with Gasteiger partial charge >= 0.3 is 0 Å². The van der Waals surface area contributed by atoms with Crippen LogP contribution in [0.5, 0.6) is 0 Å². The highest BCUT2D eigenvalue weighted by Gasteiger charge is 2.05. The van der Waals surface area contributed by atoms with Gasteiger partial charge in [-0.3, -0.25) is 4.98 Å². The van der Waals surface area contributed by atoms with Gasteiger partial charge in [0.1, 0.15) is 0 Å². The Kier molecular flexibility index (Phi) is 3.75. The molecule has 0 amide bonds. The van der Waals surface area contributed by atoms with Crippen molar-refractivity contribution in [2.75, 3.05) is 6.54 Å². The van der Waals surface area contributed by atoms with E-state index >= 15 is 0 Å². The minimum Gasteiger partial charge on any atom is -0.330 e. The molecule has 1 aromatic heterocycles. The molecule has 2 rings (SSSR count). The molecule has 1 aromatic carbocycles. The number of benzene rings is 1. The van der Waals surface area contributed by atoms with E-state index in [1.54, 1.807) is 0 Å². The maximum atomic E-state index is 5.54. The average Bonchev–Trinajstić information content (AvgIpc) is 2.35. The Balaban J connectivity index is 2.42. The van der Waals surface area contributed by atoms with Crippen LogP contribution < -0.4 is 5.73 Å². The predicted octanol–water partition coefficient (Wildman–Crippen LogP) is 3.25. The van der Waals surface area contributed by atoms with Crippen molar-refractivity contribution >= 4 is 10.8 Å². The lowest BCUT2D eigenvalue weighted by Crippen LogP contribution is -2.00. The number of rotatable bonds is 4. The van der Waals surface area contributed by atoms with E-state index < -0.39 is 0 Å². The Morgan fingerprint density at radius 3 is 2.76 bits per heavy atom. The zero-order chi connectivity index (χ0) is 12.3. The lowest BCUT2D eigenvalue weighted by atomic mass is 9.97. The van der Waals surface area contributed by atoms with Crippen LogP contribution in [0, 0.1) is 0 Å². The van der Waals surface area contributed by atoms with Gasteiger partial charge in [0.25, 0.3) is 0 Å². The van der Waals surface area contributed by atoms with Crippen molar-refractivity contribution in [2.24, 2.45) is 5.73 Å². The molecule has 2 N–H and O–H groups in total. The monoisotopic (exact) mass is 228 g/mol. The Morgan fingerprint density at radius 2 is 2.06 bits per heavy atom. The molecule has 2 nitrogen and oxygen atoms in total. The van der Waals surface area contributed by atoms with Crippen LogP contribution in [-0.2, 0) is 6.42 Å². The summed E-state index contributed by atoms with van der Waals surface area (Å²) in [4.78, 5) is 4.33. The first kappa shape index (κ1) is 12.1. The maximum Gasteiger partial charge on any atom is 0.0346 e. The fourth-order valence-electron chi connectivity index (χ4n) is 2.17. The van der Waals surface area contributed by atoms with Crippen LogP contribution in [0.25, 0.3) is 10.8 Å². The van der Waals surface area contributed by atoms with E-state index in [0.717, 1.165) is 19.4 Å². The number of nitrogens with two attached hydrogens (primary N) is 1. The summed E-state index contributed by atoms with van der Waals surface area (Å²) in [6, 6.07) is 6.67. The maximum absolute atomic E-state index is 5.54. The summed E-state index contributed by atoms with van der Waals surface area (Å²) < 4.78 is 0. The van der Waals surface area contributed by atoms with Crippen LogP contribution in [0.15, 0.2) is 30.6 Å². The van der Waals surface area contributed by atoms with Crippen molar-refractivity contribution in [1.82, 2.24) is 4.98 Å². The molecule has 0 saturated heterocycles. The van der Waals surface area contributed by atoms with Crippen LogP contribution in [-0.4, -0.2) is 11.5 Å². The van der Waals surface area contributed by atoms with E-state index in [4.69, 9.17) is 5.73 Å². The average molecular weight is 228 g/mol. The van der Waals surface area contributed by atoms with Crippen molar-refractivity contribution in [1.29, 1.82) is 0 Å². The minimum absolute atomic E-state index is 0.515. The quantitative estimate of drug-likeness (QED) is 0.872. The molecule has 0 saturated carbocycles. The van der Waals surface area contributed by atoms with Gasteiger partial charge in [0.2, 0.25) is 0 Å². The summed E-state index contributed by atoms with van der Waals surface area (Å²) >= 11 is 0. The summed E-state index contributed by atoms with van der Waals surface area (Å²) in [5.74, 6) is 0.515.